The van der Waals surface area contributed by atoms with Gasteiger partial charge in [-0.15, -0.1) is 0 Å². The number of fused-ring (bicyclic) bond motifs is 2. The molecule has 2 aromatic carbocycles. The van der Waals surface area contributed by atoms with Crippen LogP contribution in [-0.2, 0) is 5.60 Å². The summed E-state index contributed by atoms with van der Waals surface area (Å²) < 4.78 is 6.01. The number of nitrogens with zero attached hydrogens (tertiary/aromatic N) is 1. The van der Waals surface area contributed by atoms with E-state index in [9.17, 15) is 5.11 Å². The zero-order valence-electron chi connectivity index (χ0n) is 13.1. The Bertz CT molecular complexity index is 740. The number of hydrogen-bond acceptors (Lipinski definition) is 3. The smallest absolute Gasteiger partial charge is 0.134 e. The van der Waals surface area contributed by atoms with Crippen LogP contribution in [0.4, 0.5) is 0 Å². The van der Waals surface area contributed by atoms with E-state index in [1.807, 2.05) is 42.5 Å². The lowest BCUT2D eigenvalue weighted by molar-refractivity contribution is -0.0177. The van der Waals surface area contributed by atoms with Crippen molar-refractivity contribution >= 4 is 11.6 Å². The van der Waals surface area contributed by atoms with E-state index < -0.39 is 5.60 Å². The molecule has 2 aliphatic rings. The van der Waals surface area contributed by atoms with Crippen molar-refractivity contribution in [1.29, 1.82) is 0 Å². The van der Waals surface area contributed by atoms with Gasteiger partial charge in [0.2, 0.25) is 0 Å². The molecule has 1 N–H and O–H groups in total. The summed E-state index contributed by atoms with van der Waals surface area (Å²) >= 11 is 6.22. The van der Waals surface area contributed by atoms with E-state index in [0.717, 1.165) is 42.8 Å². The first-order valence-corrected chi connectivity index (χ1v) is 8.45. The van der Waals surface area contributed by atoms with Gasteiger partial charge in [0.25, 0.3) is 0 Å². The van der Waals surface area contributed by atoms with Gasteiger partial charge in [-0.1, -0.05) is 29.8 Å². The maximum atomic E-state index is 11.9. The number of rotatable bonds is 1. The fourth-order valence-electron chi connectivity index (χ4n) is 3.89. The number of ether oxygens (including phenoxy) is 1. The molecule has 3 nitrogen and oxygen atoms in total. The summed E-state index contributed by atoms with van der Waals surface area (Å²) in [5.41, 5.74) is 0.596. The molecular formula is C19H20ClNO2. The molecule has 2 heterocycles. The summed E-state index contributed by atoms with van der Waals surface area (Å²) in [4.78, 5) is 2.31. The Morgan fingerprint density at radius 2 is 1.78 bits per heavy atom. The van der Waals surface area contributed by atoms with E-state index in [4.69, 9.17) is 16.3 Å². The Kier molecular flexibility index (Phi) is 3.60. The molecule has 1 atom stereocenters. The highest BCUT2D eigenvalue weighted by molar-refractivity contribution is 6.30. The van der Waals surface area contributed by atoms with Crippen molar-refractivity contribution in [3.63, 3.8) is 0 Å². The van der Waals surface area contributed by atoms with Crippen molar-refractivity contribution < 1.29 is 9.84 Å². The van der Waals surface area contributed by atoms with Crippen LogP contribution in [0.1, 0.15) is 24.0 Å². The molecule has 1 unspecified atom stereocenters. The lowest BCUT2D eigenvalue weighted by Gasteiger charge is -2.44. The van der Waals surface area contributed by atoms with Gasteiger partial charge in [0, 0.05) is 16.1 Å². The molecule has 120 valence electrons. The van der Waals surface area contributed by atoms with Gasteiger partial charge in [0.1, 0.15) is 17.1 Å². The molecule has 2 aromatic rings. The highest BCUT2D eigenvalue weighted by Gasteiger charge is 2.47. The van der Waals surface area contributed by atoms with Crippen LogP contribution in [-0.4, -0.2) is 30.1 Å². The molecule has 2 aliphatic heterocycles. The van der Waals surface area contributed by atoms with Crippen LogP contribution >= 0.6 is 11.6 Å². The first kappa shape index (κ1) is 15.0. The SMILES string of the molecule is CN1CCC(C2(O)c3ccccc3Oc3ccc(Cl)cc32)CC1. The number of likely N-dealkylation sites (tertiary alicyclic amines) is 1. The second-order valence-corrected chi connectivity index (χ2v) is 7.02. The Hall–Kier alpha value is -1.55. The minimum absolute atomic E-state index is 0.154. The molecule has 1 saturated heterocycles. The normalized spacial score (nSPS) is 24.7. The van der Waals surface area contributed by atoms with Crippen LogP contribution in [0.5, 0.6) is 11.5 Å². The van der Waals surface area contributed by atoms with Gasteiger partial charge in [0.15, 0.2) is 0 Å². The fourth-order valence-corrected chi connectivity index (χ4v) is 4.06. The van der Waals surface area contributed by atoms with Crippen LogP contribution in [0.2, 0.25) is 5.02 Å². The Balaban J connectivity index is 1.88. The number of halogens is 1. The van der Waals surface area contributed by atoms with Gasteiger partial charge >= 0.3 is 0 Å². The van der Waals surface area contributed by atoms with Crippen LogP contribution in [0, 0.1) is 5.92 Å². The van der Waals surface area contributed by atoms with Crippen LogP contribution in [0.15, 0.2) is 42.5 Å². The number of aliphatic hydroxyl groups is 1. The highest BCUT2D eigenvalue weighted by atomic mass is 35.5. The third kappa shape index (κ3) is 2.35. The summed E-state index contributed by atoms with van der Waals surface area (Å²) in [6, 6.07) is 13.3. The topological polar surface area (TPSA) is 32.7 Å². The Morgan fingerprint density at radius 1 is 1.09 bits per heavy atom. The zero-order chi connectivity index (χ0) is 16.0. The lowest BCUT2D eigenvalue weighted by atomic mass is 9.70. The maximum Gasteiger partial charge on any atom is 0.134 e. The molecule has 23 heavy (non-hydrogen) atoms. The lowest BCUT2D eigenvalue weighted by Crippen LogP contribution is -2.44. The number of hydrogen-bond donors (Lipinski definition) is 1. The first-order valence-electron chi connectivity index (χ1n) is 8.07. The molecule has 4 heteroatoms. The third-order valence-corrected chi connectivity index (χ3v) is 5.41. The largest absolute Gasteiger partial charge is 0.457 e. The summed E-state index contributed by atoms with van der Waals surface area (Å²) in [5, 5.41) is 12.5. The molecule has 0 spiro atoms. The quantitative estimate of drug-likeness (QED) is 0.857. The van der Waals surface area contributed by atoms with Crippen molar-refractivity contribution in [2.45, 2.75) is 18.4 Å². The van der Waals surface area contributed by atoms with Gasteiger partial charge in [-0.3, -0.25) is 0 Å². The average Bonchev–Trinajstić information content (AvgIpc) is 2.56. The minimum Gasteiger partial charge on any atom is -0.457 e. The molecular weight excluding hydrogens is 310 g/mol. The predicted molar refractivity (Wildman–Crippen MR) is 91.2 cm³/mol. The molecule has 0 bridgehead atoms. The zero-order valence-corrected chi connectivity index (χ0v) is 13.9. The van der Waals surface area contributed by atoms with Gasteiger partial charge in [-0.2, -0.15) is 0 Å². The molecule has 0 aromatic heterocycles. The molecule has 0 radical (unpaired) electrons. The number of para-hydroxylation sites is 1. The van der Waals surface area contributed by atoms with Crippen molar-refractivity contribution in [3.8, 4) is 11.5 Å². The summed E-state index contributed by atoms with van der Waals surface area (Å²) in [5.74, 6) is 1.60. The molecule has 0 aliphatic carbocycles. The van der Waals surface area contributed by atoms with Gasteiger partial charge in [-0.05, 0) is 63.2 Å². The highest BCUT2D eigenvalue weighted by Crippen LogP contribution is 2.52. The van der Waals surface area contributed by atoms with E-state index in [1.54, 1.807) is 0 Å². The monoisotopic (exact) mass is 329 g/mol. The predicted octanol–water partition coefficient (Wildman–Crippen LogP) is 4.02. The van der Waals surface area contributed by atoms with E-state index in [-0.39, 0.29) is 5.92 Å². The number of piperidine rings is 1. The first-order chi connectivity index (χ1) is 11.1. The standard InChI is InChI=1S/C19H20ClNO2/c1-21-10-8-13(9-11-21)19(22)15-4-2-3-5-17(15)23-18-7-6-14(20)12-16(18)19/h2-7,12-13,22H,8-11H2,1H3. The van der Waals surface area contributed by atoms with Crippen LogP contribution in [0.25, 0.3) is 0 Å². The third-order valence-electron chi connectivity index (χ3n) is 5.18. The summed E-state index contributed by atoms with van der Waals surface area (Å²) in [7, 11) is 2.13. The van der Waals surface area contributed by atoms with E-state index in [0.29, 0.717) is 10.8 Å². The molecule has 1 fully saturated rings. The Morgan fingerprint density at radius 3 is 2.57 bits per heavy atom. The average molecular weight is 330 g/mol. The van der Waals surface area contributed by atoms with Crippen molar-refractivity contribution in [1.82, 2.24) is 4.90 Å². The minimum atomic E-state index is -1.05. The van der Waals surface area contributed by atoms with E-state index in [2.05, 4.69) is 11.9 Å². The van der Waals surface area contributed by atoms with E-state index in [1.165, 1.54) is 0 Å². The van der Waals surface area contributed by atoms with Crippen molar-refractivity contribution in [3.05, 3.63) is 58.6 Å². The van der Waals surface area contributed by atoms with Crippen LogP contribution < -0.4 is 4.74 Å². The van der Waals surface area contributed by atoms with Crippen molar-refractivity contribution in [2.75, 3.05) is 20.1 Å². The second kappa shape index (κ2) is 5.52. The van der Waals surface area contributed by atoms with Gasteiger partial charge in [0.05, 0.1) is 0 Å². The van der Waals surface area contributed by atoms with Gasteiger partial charge in [-0.25, -0.2) is 0 Å². The Labute approximate surface area is 141 Å². The van der Waals surface area contributed by atoms with Crippen LogP contribution in [0.3, 0.4) is 0 Å². The molecule has 0 saturated carbocycles. The molecule has 0 amide bonds. The van der Waals surface area contributed by atoms with Crippen molar-refractivity contribution in [2.24, 2.45) is 5.92 Å². The summed E-state index contributed by atoms with van der Waals surface area (Å²) in [6.07, 6.45) is 1.90. The van der Waals surface area contributed by atoms with E-state index >= 15 is 0 Å². The fraction of sp³-hybridized carbons (Fsp3) is 0.368. The van der Waals surface area contributed by atoms with Gasteiger partial charge < -0.3 is 14.7 Å². The number of benzene rings is 2. The molecule has 4 rings (SSSR count). The summed E-state index contributed by atoms with van der Waals surface area (Å²) in [6.45, 7) is 1.98. The second-order valence-electron chi connectivity index (χ2n) is 6.58. The maximum absolute atomic E-state index is 11.9.